The van der Waals surface area contributed by atoms with E-state index in [9.17, 15) is 0 Å². The number of benzene rings is 1. The molecular weight excluding hydrogens is 250 g/mol. The van der Waals surface area contributed by atoms with Gasteiger partial charge in [0.25, 0.3) is 0 Å². The Morgan fingerprint density at radius 2 is 2.25 bits per heavy atom. The van der Waals surface area contributed by atoms with Crippen LogP contribution in [0.15, 0.2) is 18.2 Å². The van der Waals surface area contributed by atoms with Crippen molar-refractivity contribution in [3.8, 4) is 5.75 Å². The second-order valence-corrected chi connectivity index (χ2v) is 5.98. The van der Waals surface area contributed by atoms with Gasteiger partial charge in [0.2, 0.25) is 0 Å². The molecule has 1 aromatic rings. The van der Waals surface area contributed by atoms with Crippen molar-refractivity contribution < 1.29 is 9.47 Å². The number of nitrogens with one attached hydrogen (secondary N) is 1. The van der Waals surface area contributed by atoms with Crippen LogP contribution >= 0.6 is 0 Å². The standard InChI is InChI=1S/C17H25NO2/c1-19-17-6-5-13(14-7-9-20-12-14)10-15(17)11-16-4-2-3-8-18-16/h5-6,10,14,16,18H,2-4,7-9,11-12H2,1H3. The van der Waals surface area contributed by atoms with Gasteiger partial charge in [0.15, 0.2) is 0 Å². The summed E-state index contributed by atoms with van der Waals surface area (Å²) >= 11 is 0. The average molecular weight is 275 g/mol. The summed E-state index contributed by atoms with van der Waals surface area (Å²) in [6.07, 6.45) is 6.15. The zero-order chi connectivity index (χ0) is 13.8. The third-order valence-electron chi connectivity index (χ3n) is 4.58. The molecule has 0 aliphatic carbocycles. The fourth-order valence-corrected chi connectivity index (χ4v) is 3.37. The third kappa shape index (κ3) is 3.15. The summed E-state index contributed by atoms with van der Waals surface area (Å²) in [5.41, 5.74) is 2.76. The van der Waals surface area contributed by atoms with Crippen molar-refractivity contribution in [1.82, 2.24) is 5.32 Å². The first-order valence-electron chi connectivity index (χ1n) is 7.85. The van der Waals surface area contributed by atoms with Crippen molar-refractivity contribution in [2.24, 2.45) is 0 Å². The van der Waals surface area contributed by atoms with Crippen molar-refractivity contribution in [2.45, 2.75) is 44.1 Å². The van der Waals surface area contributed by atoms with Gasteiger partial charge < -0.3 is 14.8 Å². The van der Waals surface area contributed by atoms with E-state index < -0.39 is 0 Å². The summed E-state index contributed by atoms with van der Waals surface area (Å²) in [5.74, 6) is 1.60. The van der Waals surface area contributed by atoms with Crippen LogP contribution in [0.25, 0.3) is 0 Å². The van der Waals surface area contributed by atoms with E-state index in [-0.39, 0.29) is 0 Å². The monoisotopic (exact) mass is 275 g/mol. The number of piperidine rings is 1. The van der Waals surface area contributed by atoms with Crippen LogP contribution in [-0.4, -0.2) is 32.9 Å². The van der Waals surface area contributed by atoms with Crippen LogP contribution in [0.2, 0.25) is 0 Å². The lowest BCUT2D eigenvalue weighted by atomic mass is 9.92. The van der Waals surface area contributed by atoms with E-state index in [1.807, 2.05) is 0 Å². The lowest BCUT2D eigenvalue weighted by molar-refractivity contribution is 0.194. The van der Waals surface area contributed by atoms with E-state index in [1.165, 1.54) is 30.4 Å². The molecule has 3 heteroatoms. The Hall–Kier alpha value is -1.06. The van der Waals surface area contributed by atoms with Crippen LogP contribution in [0, 0.1) is 0 Å². The molecule has 0 radical (unpaired) electrons. The minimum absolute atomic E-state index is 0.568. The fourth-order valence-electron chi connectivity index (χ4n) is 3.37. The molecule has 3 nitrogen and oxygen atoms in total. The molecule has 2 saturated heterocycles. The number of hydrogen-bond acceptors (Lipinski definition) is 3. The first-order chi connectivity index (χ1) is 9.86. The van der Waals surface area contributed by atoms with Gasteiger partial charge in [0, 0.05) is 18.6 Å². The maximum absolute atomic E-state index is 5.55. The molecule has 2 aliphatic rings. The number of hydrogen-bond donors (Lipinski definition) is 1. The highest BCUT2D eigenvalue weighted by molar-refractivity contribution is 5.39. The molecule has 2 aliphatic heterocycles. The number of rotatable bonds is 4. The van der Waals surface area contributed by atoms with Crippen molar-refractivity contribution in [2.75, 3.05) is 26.9 Å². The van der Waals surface area contributed by atoms with Gasteiger partial charge in [-0.3, -0.25) is 0 Å². The molecule has 0 saturated carbocycles. The van der Waals surface area contributed by atoms with Gasteiger partial charge in [0.05, 0.1) is 13.7 Å². The van der Waals surface area contributed by atoms with Gasteiger partial charge >= 0.3 is 0 Å². The van der Waals surface area contributed by atoms with Crippen molar-refractivity contribution in [3.63, 3.8) is 0 Å². The predicted molar refractivity (Wildman–Crippen MR) is 80.5 cm³/mol. The van der Waals surface area contributed by atoms with Crippen molar-refractivity contribution in [1.29, 1.82) is 0 Å². The number of ether oxygens (including phenoxy) is 2. The normalized spacial score (nSPS) is 26.6. The predicted octanol–water partition coefficient (Wildman–Crippen LogP) is 2.88. The highest BCUT2D eigenvalue weighted by atomic mass is 16.5. The molecule has 0 spiro atoms. The second-order valence-electron chi connectivity index (χ2n) is 5.98. The van der Waals surface area contributed by atoms with E-state index in [2.05, 4.69) is 23.5 Å². The van der Waals surface area contributed by atoms with Crippen LogP contribution in [0.4, 0.5) is 0 Å². The van der Waals surface area contributed by atoms with E-state index in [0.717, 1.165) is 38.3 Å². The summed E-state index contributed by atoms with van der Waals surface area (Å²) in [5, 5.41) is 3.63. The third-order valence-corrected chi connectivity index (χ3v) is 4.58. The molecule has 0 amide bonds. The molecule has 1 aromatic carbocycles. The Labute approximate surface area is 121 Å². The molecule has 2 fully saturated rings. The molecule has 0 bridgehead atoms. The molecule has 2 heterocycles. The highest BCUT2D eigenvalue weighted by Gasteiger charge is 2.20. The largest absolute Gasteiger partial charge is 0.496 e. The van der Waals surface area contributed by atoms with Gasteiger partial charge in [-0.05, 0) is 49.4 Å². The van der Waals surface area contributed by atoms with Crippen LogP contribution in [0.3, 0.4) is 0 Å². The molecule has 0 aromatic heterocycles. The summed E-state index contributed by atoms with van der Waals surface area (Å²) < 4.78 is 11.1. The SMILES string of the molecule is COc1ccc(C2CCOC2)cc1CC1CCCCN1. The minimum Gasteiger partial charge on any atom is -0.496 e. The Morgan fingerprint density at radius 3 is 2.95 bits per heavy atom. The lowest BCUT2D eigenvalue weighted by Gasteiger charge is -2.24. The van der Waals surface area contributed by atoms with Crippen LogP contribution < -0.4 is 10.1 Å². The average Bonchev–Trinajstić information content (AvgIpc) is 3.02. The maximum Gasteiger partial charge on any atom is 0.122 e. The van der Waals surface area contributed by atoms with E-state index >= 15 is 0 Å². The van der Waals surface area contributed by atoms with Crippen molar-refractivity contribution >= 4 is 0 Å². The van der Waals surface area contributed by atoms with Crippen molar-refractivity contribution in [3.05, 3.63) is 29.3 Å². The van der Waals surface area contributed by atoms with Gasteiger partial charge in [0.1, 0.15) is 5.75 Å². The van der Waals surface area contributed by atoms with Crippen LogP contribution in [0.1, 0.15) is 42.7 Å². The summed E-state index contributed by atoms with van der Waals surface area (Å²) in [7, 11) is 1.77. The molecule has 2 unspecified atom stereocenters. The van der Waals surface area contributed by atoms with E-state index in [1.54, 1.807) is 7.11 Å². The smallest absolute Gasteiger partial charge is 0.122 e. The minimum atomic E-state index is 0.568. The fraction of sp³-hybridized carbons (Fsp3) is 0.647. The van der Waals surface area contributed by atoms with Gasteiger partial charge in [-0.25, -0.2) is 0 Å². The molecule has 1 N–H and O–H groups in total. The quantitative estimate of drug-likeness (QED) is 0.916. The Balaban J connectivity index is 1.76. The molecule has 20 heavy (non-hydrogen) atoms. The maximum atomic E-state index is 5.55. The van der Waals surface area contributed by atoms with E-state index in [0.29, 0.717) is 12.0 Å². The van der Waals surface area contributed by atoms with Crippen LogP contribution in [-0.2, 0) is 11.2 Å². The van der Waals surface area contributed by atoms with Gasteiger partial charge in [-0.1, -0.05) is 18.6 Å². The second kappa shape index (κ2) is 6.59. The summed E-state index contributed by atoms with van der Waals surface area (Å²) in [4.78, 5) is 0. The number of methoxy groups -OCH3 is 1. The Morgan fingerprint density at radius 1 is 1.30 bits per heavy atom. The topological polar surface area (TPSA) is 30.5 Å². The molecule has 110 valence electrons. The first kappa shape index (κ1) is 13.9. The Bertz CT molecular complexity index is 435. The first-order valence-corrected chi connectivity index (χ1v) is 7.85. The highest BCUT2D eigenvalue weighted by Crippen LogP contribution is 2.30. The molecular formula is C17H25NO2. The lowest BCUT2D eigenvalue weighted by Crippen LogP contribution is -2.35. The zero-order valence-electron chi connectivity index (χ0n) is 12.4. The van der Waals surface area contributed by atoms with Gasteiger partial charge in [-0.2, -0.15) is 0 Å². The Kier molecular flexibility index (Phi) is 4.58. The van der Waals surface area contributed by atoms with Crippen LogP contribution in [0.5, 0.6) is 5.75 Å². The summed E-state index contributed by atoms with van der Waals surface area (Å²) in [6, 6.07) is 7.28. The summed E-state index contributed by atoms with van der Waals surface area (Å²) in [6.45, 7) is 2.92. The van der Waals surface area contributed by atoms with E-state index in [4.69, 9.17) is 9.47 Å². The molecule has 2 atom stereocenters. The van der Waals surface area contributed by atoms with Gasteiger partial charge in [-0.15, -0.1) is 0 Å². The molecule has 3 rings (SSSR count). The zero-order valence-corrected chi connectivity index (χ0v) is 12.4.